The van der Waals surface area contributed by atoms with Crippen molar-refractivity contribution < 1.29 is 98.9 Å². The van der Waals surface area contributed by atoms with E-state index in [9.17, 15) is 4.57 Å². The molecule has 23 heteroatoms. The molecule has 0 aromatic heterocycles. The third kappa shape index (κ3) is 60.5. The second-order valence-corrected chi connectivity index (χ2v) is 23.2. The van der Waals surface area contributed by atoms with E-state index in [4.69, 9.17) is 106 Å². The Morgan fingerprint density at radius 3 is 0.640 bits per heavy atom. The average molecular weight is 1310 g/mol. The highest BCUT2D eigenvalue weighted by Crippen LogP contribution is 2.53. The zero-order chi connectivity index (χ0) is 63.4. The maximum Gasteiger partial charge on any atom is 0.424 e. The van der Waals surface area contributed by atoms with Crippen molar-refractivity contribution in [3.63, 3.8) is 0 Å². The van der Waals surface area contributed by atoms with Crippen LogP contribution in [-0.2, 0) is 102 Å². The number of hydrogen-bond donors (Lipinski definition) is 0. The zero-order valence-corrected chi connectivity index (χ0v) is 56.4. The first-order valence-corrected chi connectivity index (χ1v) is 35.7. The van der Waals surface area contributed by atoms with Crippen LogP contribution in [0.1, 0.15) is 115 Å². The van der Waals surface area contributed by atoms with Gasteiger partial charge in [0.1, 0.15) is 24.7 Å². The number of rotatable bonds is 74. The van der Waals surface area contributed by atoms with Crippen molar-refractivity contribution in [3.8, 4) is 11.5 Å². The van der Waals surface area contributed by atoms with Crippen molar-refractivity contribution >= 4 is 18.2 Å². The van der Waals surface area contributed by atoms with Gasteiger partial charge < -0.3 is 85.3 Å². The Hall–Kier alpha value is -2.16. The highest BCUT2D eigenvalue weighted by molar-refractivity contribution is 7.81. The molecule has 0 bridgehead atoms. The highest BCUT2D eigenvalue weighted by Gasteiger charge is 2.20. The predicted octanol–water partition coefficient (Wildman–Crippen LogP) is 11.4. The lowest BCUT2D eigenvalue weighted by atomic mass is 10.0. The average Bonchev–Trinajstić information content (AvgIpc) is 3.63. The first kappa shape index (κ1) is 82.9. The van der Waals surface area contributed by atoms with Crippen molar-refractivity contribution in [3.05, 3.63) is 59.7 Å². The SMILES string of the molecule is CCCCCCCCCc1ccc(OCCOCCOCCOCCOCCOCCOCCOCCOCCOP(=O)(Cl)OCCOCCOCCOCCOCCOCCOCCOCCOCCOc2ccc(CCCCCCCCC)cc2)cc1. The van der Waals surface area contributed by atoms with Gasteiger partial charge in [-0.1, -0.05) is 115 Å². The van der Waals surface area contributed by atoms with Crippen molar-refractivity contribution in [2.24, 2.45) is 0 Å². The Morgan fingerprint density at radius 2 is 0.427 bits per heavy atom. The minimum Gasteiger partial charge on any atom is -0.491 e. The quantitative estimate of drug-likeness (QED) is 0.0446. The molecule has 21 nitrogen and oxygen atoms in total. The molecular formula is C66H118ClO21P. The molecule has 520 valence electrons. The van der Waals surface area contributed by atoms with Crippen molar-refractivity contribution in [2.75, 3.05) is 238 Å². The van der Waals surface area contributed by atoms with E-state index < -0.39 is 6.95 Å². The molecule has 0 radical (unpaired) electrons. The molecular weight excluding hydrogens is 1200 g/mol. The van der Waals surface area contributed by atoms with Crippen LogP contribution >= 0.6 is 18.2 Å². The number of unbranched alkanes of at least 4 members (excludes halogenated alkanes) is 12. The fourth-order valence-electron chi connectivity index (χ4n) is 8.24. The summed E-state index contributed by atoms with van der Waals surface area (Å²) >= 11 is 5.88. The Balaban J connectivity index is 1.16. The number of hydrogen-bond acceptors (Lipinski definition) is 21. The summed E-state index contributed by atoms with van der Waals surface area (Å²) in [5.41, 5.74) is 2.74. The van der Waals surface area contributed by atoms with Crippen LogP contribution in [0.15, 0.2) is 48.5 Å². The van der Waals surface area contributed by atoms with Gasteiger partial charge in [0, 0.05) is 11.2 Å². The monoisotopic (exact) mass is 1310 g/mol. The second-order valence-electron chi connectivity index (χ2n) is 20.6. The Morgan fingerprint density at radius 1 is 0.247 bits per heavy atom. The summed E-state index contributed by atoms with van der Waals surface area (Å²) in [6.07, 6.45) is 20.9. The van der Waals surface area contributed by atoms with Crippen LogP contribution in [0.4, 0.5) is 0 Å². The van der Waals surface area contributed by atoms with Crippen LogP contribution in [0.2, 0.25) is 0 Å². The fraction of sp³-hybridized carbons (Fsp3) is 0.818. The molecule has 0 aliphatic carbocycles. The Bertz CT molecular complexity index is 1640. The third-order valence-corrected chi connectivity index (χ3v) is 14.7. The lowest BCUT2D eigenvalue weighted by Gasteiger charge is -2.12. The summed E-state index contributed by atoms with van der Waals surface area (Å²) in [5.74, 6) is 1.75. The topological polar surface area (TPSA) is 202 Å². The van der Waals surface area contributed by atoms with Gasteiger partial charge in [0.15, 0.2) is 0 Å². The fourth-order valence-corrected chi connectivity index (χ4v) is 9.32. The van der Waals surface area contributed by atoms with E-state index >= 15 is 0 Å². The van der Waals surface area contributed by atoms with E-state index in [-0.39, 0.29) is 26.4 Å². The van der Waals surface area contributed by atoms with Gasteiger partial charge >= 0.3 is 6.95 Å². The van der Waals surface area contributed by atoms with Crippen molar-refractivity contribution in [1.82, 2.24) is 0 Å². The standard InChI is InChI=1S/C66H118ClO21P/c1-3-5-7-9-11-13-15-17-63-19-23-65(24-20-63)85-59-55-81-51-47-77-43-39-73-35-31-69-27-29-71-33-37-75-41-45-79-49-53-83-57-61-87-89(67,68)88-62-58-84-54-50-80-46-42-76-38-34-72-30-28-70-32-36-74-40-44-78-48-52-82-56-60-86-66-25-21-64(22-26-66)18-16-14-12-10-8-6-4-2/h19-26H,3-18,27-62H2,1-2H3. The van der Waals surface area contributed by atoms with Crippen LogP contribution in [0.5, 0.6) is 11.5 Å². The Labute approximate surface area is 540 Å². The molecule has 0 spiro atoms. The lowest BCUT2D eigenvalue weighted by molar-refractivity contribution is -0.0245. The van der Waals surface area contributed by atoms with Gasteiger partial charge in [-0.3, -0.25) is 9.05 Å². The van der Waals surface area contributed by atoms with E-state index in [0.717, 1.165) is 24.3 Å². The van der Waals surface area contributed by atoms with Crippen molar-refractivity contribution in [2.45, 2.75) is 117 Å². The van der Waals surface area contributed by atoms with Gasteiger partial charge in [-0.25, -0.2) is 4.57 Å². The largest absolute Gasteiger partial charge is 0.491 e. The summed E-state index contributed by atoms with van der Waals surface area (Å²) in [5, 5.41) is 0. The molecule has 0 saturated heterocycles. The highest BCUT2D eigenvalue weighted by atomic mass is 35.7. The zero-order valence-electron chi connectivity index (χ0n) is 54.8. The molecule has 0 unspecified atom stereocenters. The molecule has 2 aromatic carbocycles. The van der Waals surface area contributed by atoms with Crippen LogP contribution in [0.25, 0.3) is 0 Å². The van der Waals surface area contributed by atoms with Crippen LogP contribution in [-0.4, -0.2) is 238 Å². The maximum absolute atomic E-state index is 12.3. The van der Waals surface area contributed by atoms with E-state index in [2.05, 4.69) is 38.1 Å². The third-order valence-electron chi connectivity index (χ3n) is 13.1. The minimum absolute atomic E-state index is 0.000261. The summed E-state index contributed by atoms with van der Waals surface area (Å²) in [6.45, 7) is 15.9. The van der Waals surface area contributed by atoms with Gasteiger partial charge in [0.05, 0.1) is 225 Å². The van der Waals surface area contributed by atoms with E-state index in [1.807, 2.05) is 24.3 Å². The second kappa shape index (κ2) is 67.3. The van der Waals surface area contributed by atoms with Crippen LogP contribution in [0, 0.1) is 0 Å². The van der Waals surface area contributed by atoms with Crippen molar-refractivity contribution in [1.29, 1.82) is 0 Å². The van der Waals surface area contributed by atoms with Gasteiger partial charge in [-0.15, -0.1) is 0 Å². The van der Waals surface area contributed by atoms with Gasteiger partial charge in [-0.05, 0) is 61.1 Å². The lowest BCUT2D eigenvalue weighted by Crippen LogP contribution is -2.15. The van der Waals surface area contributed by atoms with Gasteiger partial charge in [0.25, 0.3) is 0 Å². The molecule has 0 N–H and O–H groups in total. The van der Waals surface area contributed by atoms with Crippen LogP contribution in [0.3, 0.4) is 0 Å². The van der Waals surface area contributed by atoms with E-state index in [1.165, 1.54) is 101 Å². The summed E-state index contributed by atoms with van der Waals surface area (Å²) < 4.78 is 123. The van der Waals surface area contributed by atoms with E-state index in [0.29, 0.717) is 211 Å². The summed E-state index contributed by atoms with van der Waals surface area (Å²) in [6, 6.07) is 16.9. The first-order valence-electron chi connectivity index (χ1n) is 33.3. The molecule has 89 heavy (non-hydrogen) atoms. The number of benzene rings is 2. The van der Waals surface area contributed by atoms with Gasteiger partial charge in [0.2, 0.25) is 0 Å². The molecule has 0 atom stereocenters. The molecule has 2 rings (SSSR count). The number of halogens is 1. The Kier molecular flexibility index (Phi) is 62.7. The minimum atomic E-state index is -3.76. The summed E-state index contributed by atoms with van der Waals surface area (Å²) in [7, 11) is 0. The van der Waals surface area contributed by atoms with Crippen LogP contribution < -0.4 is 9.47 Å². The maximum atomic E-state index is 12.3. The molecule has 0 aliphatic heterocycles. The first-order chi connectivity index (χ1) is 44.0. The predicted molar refractivity (Wildman–Crippen MR) is 346 cm³/mol. The normalized spacial score (nSPS) is 11.8. The molecule has 0 heterocycles. The number of aryl methyl sites for hydroxylation is 2. The molecule has 0 fully saturated rings. The van der Waals surface area contributed by atoms with E-state index in [1.54, 1.807) is 0 Å². The molecule has 2 aromatic rings. The molecule has 0 aliphatic rings. The number of ether oxygens (including phenoxy) is 18. The molecule has 0 saturated carbocycles. The molecule has 0 amide bonds. The van der Waals surface area contributed by atoms with Gasteiger partial charge in [-0.2, -0.15) is 0 Å². The smallest absolute Gasteiger partial charge is 0.424 e. The summed E-state index contributed by atoms with van der Waals surface area (Å²) in [4.78, 5) is 0.